The first-order valence-electron chi connectivity index (χ1n) is 8.15. The van der Waals surface area contributed by atoms with E-state index in [0.29, 0.717) is 11.8 Å². The predicted molar refractivity (Wildman–Crippen MR) is 85.6 cm³/mol. The van der Waals surface area contributed by atoms with Crippen molar-refractivity contribution in [3.63, 3.8) is 0 Å². The molecule has 1 aromatic rings. The van der Waals surface area contributed by atoms with E-state index in [2.05, 4.69) is 26.1 Å². The zero-order valence-electron chi connectivity index (χ0n) is 13.9. The van der Waals surface area contributed by atoms with E-state index in [9.17, 15) is 0 Å². The summed E-state index contributed by atoms with van der Waals surface area (Å²) in [6.07, 6.45) is 4.42. The fourth-order valence-corrected chi connectivity index (χ4v) is 3.03. The summed E-state index contributed by atoms with van der Waals surface area (Å²) in [5, 5.41) is 3.48. The Bertz CT molecular complexity index is 460. The van der Waals surface area contributed by atoms with Crippen LogP contribution in [0, 0.1) is 18.8 Å². The van der Waals surface area contributed by atoms with E-state index >= 15 is 0 Å². The van der Waals surface area contributed by atoms with Crippen LogP contribution in [0.1, 0.15) is 43.0 Å². The van der Waals surface area contributed by atoms with Gasteiger partial charge in [0.2, 0.25) is 0 Å². The average molecular weight is 291 g/mol. The monoisotopic (exact) mass is 291 g/mol. The molecule has 1 aliphatic carbocycles. The molecule has 0 amide bonds. The molecule has 0 aliphatic heterocycles. The van der Waals surface area contributed by atoms with Crippen molar-refractivity contribution in [1.82, 2.24) is 15.3 Å². The van der Waals surface area contributed by atoms with Gasteiger partial charge in [0.25, 0.3) is 0 Å². The van der Waals surface area contributed by atoms with Gasteiger partial charge in [0.05, 0.1) is 6.61 Å². The molecule has 4 nitrogen and oxygen atoms in total. The Kier molecular flexibility index (Phi) is 6.12. The molecule has 0 saturated carbocycles. The molecule has 1 aliphatic rings. The third-order valence-electron chi connectivity index (χ3n) is 4.13. The largest absolute Gasteiger partial charge is 0.383 e. The van der Waals surface area contributed by atoms with Crippen molar-refractivity contribution in [1.29, 1.82) is 0 Å². The third-order valence-corrected chi connectivity index (χ3v) is 4.13. The van der Waals surface area contributed by atoms with Gasteiger partial charge >= 0.3 is 0 Å². The molecule has 4 heteroatoms. The smallest absolute Gasteiger partial charge is 0.129 e. The topological polar surface area (TPSA) is 47.0 Å². The van der Waals surface area contributed by atoms with Gasteiger partial charge in [-0.15, -0.1) is 0 Å². The summed E-state index contributed by atoms with van der Waals surface area (Å²) >= 11 is 0. The highest BCUT2D eigenvalue weighted by Crippen LogP contribution is 2.26. The second-order valence-electron chi connectivity index (χ2n) is 6.55. The number of aryl methyl sites for hydroxylation is 2. The molecule has 0 bridgehead atoms. The van der Waals surface area contributed by atoms with Crippen molar-refractivity contribution in [2.24, 2.45) is 11.8 Å². The maximum atomic E-state index is 5.07. The first-order valence-corrected chi connectivity index (χ1v) is 8.15. The van der Waals surface area contributed by atoms with Crippen molar-refractivity contribution in [2.45, 2.75) is 46.5 Å². The van der Waals surface area contributed by atoms with Gasteiger partial charge in [-0.3, -0.25) is 0 Å². The highest BCUT2D eigenvalue weighted by Gasteiger charge is 2.22. The van der Waals surface area contributed by atoms with Crippen LogP contribution in [0.15, 0.2) is 0 Å². The van der Waals surface area contributed by atoms with E-state index in [1.807, 2.05) is 0 Å². The van der Waals surface area contributed by atoms with E-state index in [-0.39, 0.29) is 0 Å². The third kappa shape index (κ3) is 4.75. The minimum Gasteiger partial charge on any atom is -0.383 e. The van der Waals surface area contributed by atoms with Crippen LogP contribution in [-0.2, 0) is 24.0 Å². The van der Waals surface area contributed by atoms with Crippen LogP contribution in [0.3, 0.4) is 0 Å². The quantitative estimate of drug-likeness (QED) is 0.783. The van der Waals surface area contributed by atoms with Crippen LogP contribution in [0.4, 0.5) is 0 Å². The summed E-state index contributed by atoms with van der Waals surface area (Å²) in [7, 11) is 1.74. The molecule has 1 N–H and O–H groups in total. The zero-order valence-corrected chi connectivity index (χ0v) is 13.9. The summed E-state index contributed by atoms with van der Waals surface area (Å²) < 4.78 is 5.07. The van der Waals surface area contributed by atoms with Crippen LogP contribution in [0.25, 0.3) is 0 Å². The number of aromatic nitrogens is 2. The number of nitrogens with one attached hydrogen (secondary N) is 1. The van der Waals surface area contributed by atoms with Crippen LogP contribution in [0.5, 0.6) is 0 Å². The minimum absolute atomic E-state index is 0.615. The number of ether oxygens (including phenoxy) is 1. The first-order chi connectivity index (χ1) is 10.1. The Hall–Kier alpha value is -1.00. The Morgan fingerprint density at radius 2 is 2.14 bits per heavy atom. The van der Waals surface area contributed by atoms with Crippen molar-refractivity contribution >= 4 is 0 Å². The van der Waals surface area contributed by atoms with E-state index < -0.39 is 0 Å². The van der Waals surface area contributed by atoms with Crippen LogP contribution < -0.4 is 5.32 Å². The molecule has 1 unspecified atom stereocenters. The van der Waals surface area contributed by atoms with Crippen LogP contribution in [-0.4, -0.2) is 36.8 Å². The Balaban J connectivity index is 1.97. The number of hydrogen-bond donors (Lipinski definition) is 1. The highest BCUT2D eigenvalue weighted by atomic mass is 16.5. The standard InChI is InChI=1S/C17H29N3O/c1-12(2)9-17-19-13(3)15-10-14(5-6-16(15)20-17)11-18-7-8-21-4/h12,14,18H,5-11H2,1-4H3. The normalized spacial score (nSPS) is 18.0. The Labute approximate surface area is 128 Å². The molecule has 2 rings (SSSR count). The molecule has 118 valence electrons. The molecule has 1 aromatic heterocycles. The molecular weight excluding hydrogens is 262 g/mol. The summed E-state index contributed by atoms with van der Waals surface area (Å²) in [6, 6.07) is 0. The van der Waals surface area contributed by atoms with Gasteiger partial charge < -0.3 is 10.1 Å². The van der Waals surface area contributed by atoms with Crippen molar-refractivity contribution in [3.05, 3.63) is 22.8 Å². The van der Waals surface area contributed by atoms with Gasteiger partial charge in [-0.05, 0) is 50.1 Å². The van der Waals surface area contributed by atoms with Crippen molar-refractivity contribution in [2.75, 3.05) is 26.8 Å². The summed E-state index contributed by atoms with van der Waals surface area (Å²) in [4.78, 5) is 9.53. The molecule has 0 saturated heterocycles. The Morgan fingerprint density at radius 1 is 1.33 bits per heavy atom. The predicted octanol–water partition coefficient (Wildman–Crippen LogP) is 2.32. The van der Waals surface area contributed by atoms with Crippen molar-refractivity contribution in [3.8, 4) is 0 Å². The van der Waals surface area contributed by atoms with E-state index in [1.165, 1.54) is 23.4 Å². The van der Waals surface area contributed by atoms with E-state index in [0.717, 1.165) is 44.8 Å². The van der Waals surface area contributed by atoms with Gasteiger partial charge in [0.1, 0.15) is 5.82 Å². The number of nitrogens with zero attached hydrogens (tertiary/aromatic N) is 2. The maximum Gasteiger partial charge on any atom is 0.129 e. The van der Waals surface area contributed by atoms with E-state index in [4.69, 9.17) is 14.7 Å². The SMILES string of the molecule is COCCNCC1CCc2nc(CC(C)C)nc(C)c2C1. The lowest BCUT2D eigenvalue weighted by molar-refractivity contribution is 0.197. The van der Waals surface area contributed by atoms with Gasteiger partial charge in [-0.25, -0.2) is 9.97 Å². The molecule has 0 spiro atoms. The van der Waals surface area contributed by atoms with Crippen LogP contribution >= 0.6 is 0 Å². The molecule has 0 fully saturated rings. The summed E-state index contributed by atoms with van der Waals surface area (Å²) in [5.41, 5.74) is 3.89. The molecule has 1 heterocycles. The minimum atomic E-state index is 0.615. The highest BCUT2D eigenvalue weighted by molar-refractivity contribution is 5.28. The fraction of sp³-hybridized carbons (Fsp3) is 0.765. The van der Waals surface area contributed by atoms with Gasteiger partial charge in [0.15, 0.2) is 0 Å². The Morgan fingerprint density at radius 3 is 2.86 bits per heavy atom. The van der Waals surface area contributed by atoms with E-state index in [1.54, 1.807) is 7.11 Å². The van der Waals surface area contributed by atoms with Crippen LogP contribution in [0.2, 0.25) is 0 Å². The second kappa shape index (κ2) is 7.85. The first kappa shape index (κ1) is 16.4. The molecule has 0 aromatic carbocycles. The van der Waals surface area contributed by atoms with Gasteiger partial charge in [-0.1, -0.05) is 13.8 Å². The van der Waals surface area contributed by atoms with Gasteiger partial charge in [0, 0.05) is 31.5 Å². The summed E-state index contributed by atoms with van der Waals surface area (Å²) in [6.45, 7) is 9.37. The average Bonchev–Trinajstić information content (AvgIpc) is 2.43. The lowest BCUT2D eigenvalue weighted by Gasteiger charge is -2.26. The van der Waals surface area contributed by atoms with Gasteiger partial charge in [-0.2, -0.15) is 0 Å². The number of hydrogen-bond acceptors (Lipinski definition) is 4. The molecule has 21 heavy (non-hydrogen) atoms. The number of rotatable bonds is 7. The molecule has 0 radical (unpaired) electrons. The zero-order chi connectivity index (χ0) is 15.2. The number of methoxy groups -OCH3 is 1. The molecule has 1 atom stereocenters. The van der Waals surface area contributed by atoms with Crippen molar-refractivity contribution < 1.29 is 4.74 Å². The lowest BCUT2D eigenvalue weighted by Crippen LogP contribution is -2.30. The summed E-state index contributed by atoms with van der Waals surface area (Å²) in [5.74, 6) is 2.34. The molecular formula is C17H29N3O. The number of fused-ring (bicyclic) bond motifs is 1. The fourth-order valence-electron chi connectivity index (χ4n) is 3.03. The maximum absolute atomic E-state index is 5.07. The lowest BCUT2D eigenvalue weighted by atomic mass is 9.85. The second-order valence-corrected chi connectivity index (χ2v) is 6.55.